The van der Waals surface area contributed by atoms with Gasteiger partial charge in [0.05, 0.1) is 0 Å². The van der Waals surface area contributed by atoms with E-state index in [1.165, 1.54) is 48.3 Å². The minimum atomic E-state index is 0.442. The van der Waals surface area contributed by atoms with Crippen molar-refractivity contribution in [2.45, 2.75) is 55.1 Å². The van der Waals surface area contributed by atoms with Gasteiger partial charge in [0.15, 0.2) is 0 Å². The standard InChI is InChI=1S/C15H22N2S/c16-11-5-7-12(8-6-11)17-14-9-10-18-15-4-2-1-3-13(14)15/h1-4,11-12,14,17H,5-10,16H2. The Kier molecular flexibility index (Phi) is 3.92. The number of nitrogens with one attached hydrogen (secondary N) is 1. The zero-order chi connectivity index (χ0) is 12.4. The lowest BCUT2D eigenvalue weighted by Crippen LogP contribution is -2.40. The SMILES string of the molecule is NC1CCC(NC2CCSc3ccccc32)CC1. The number of hydrogen-bond acceptors (Lipinski definition) is 3. The van der Waals surface area contributed by atoms with Gasteiger partial charge in [-0.25, -0.2) is 0 Å². The van der Waals surface area contributed by atoms with Gasteiger partial charge in [-0.15, -0.1) is 11.8 Å². The molecule has 3 rings (SSSR count). The first-order valence-corrected chi connectivity index (χ1v) is 8.05. The summed E-state index contributed by atoms with van der Waals surface area (Å²) >= 11 is 1.99. The summed E-state index contributed by atoms with van der Waals surface area (Å²) in [6.07, 6.45) is 6.10. The quantitative estimate of drug-likeness (QED) is 0.860. The van der Waals surface area contributed by atoms with Crippen LogP contribution in [0, 0.1) is 0 Å². The molecular weight excluding hydrogens is 240 g/mol. The summed E-state index contributed by atoms with van der Waals surface area (Å²) in [4.78, 5) is 1.47. The highest BCUT2D eigenvalue weighted by atomic mass is 32.2. The predicted molar refractivity (Wildman–Crippen MR) is 77.9 cm³/mol. The molecule has 0 amide bonds. The van der Waals surface area contributed by atoms with E-state index >= 15 is 0 Å². The molecule has 3 N–H and O–H groups in total. The molecule has 1 unspecified atom stereocenters. The van der Waals surface area contributed by atoms with Gasteiger partial charge in [-0.1, -0.05) is 18.2 Å². The summed E-state index contributed by atoms with van der Waals surface area (Å²) in [6, 6.07) is 10.5. The van der Waals surface area contributed by atoms with Gasteiger partial charge >= 0.3 is 0 Å². The largest absolute Gasteiger partial charge is 0.328 e. The van der Waals surface area contributed by atoms with E-state index in [0.717, 1.165) is 0 Å². The van der Waals surface area contributed by atoms with Crippen LogP contribution in [0.25, 0.3) is 0 Å². The number of hydrogen-bond donors (Lipinski definition) is 2. The second-order valence-electron chi connectivity index (χ2n) is 5.51. The molecule has 2 aliphatic rings. The molecule has 0 radical (unpaired) electrons. The fourth-order valence-electron chi connectivity index (χ4n) is 3.09. The average molecular weight is 262 g/mol. The molecular formula is C15H22N2S. The van der Waals surface area contributed by atoms with Crippen molar-refractivity contribution >= 4 is 11.8 Å². The van der Waals surface area contributed by atoms with Crippen molar-refractivity contribution in [1.82, 2.24) is 5.32 Å². The number of rotatable bonds is 2. The summed E-state index contributed by atoms with van der Waals surface area (Å²) in [6.45, 7) is 0. The van der Waals surface area contributed by atoms with Gasteiger partial charge in [-0.05, 0) is 49.5 Å². The van der Waals surface area contributed by atoms with Crippen molar-refractivity contribution in [3.63, 3.8) is 0 Å². The lowest BCUT2D eigenvalue weighted by molar-refractivity contribution is 0.311. The van der Waals surface area contributed by atoms with E-state index in [2.05, 4.69) is 29.6 Å². The highest BCUT2D eigenvalue weighted by molar-refractivity contribution is 7.99. The van der Waals surface area contributed by atoms with Crippen LogP contribution in [0.3, 0.4) is 0 Å². The second-order valence-corrected chi connectivity index (χ2v) is 6.64. The monoisotopic (exact) mass is 262 g/mol. The molecule has 1 atom stereocenters. The summed E-state index contributed by atoms with van der Waals surface area (Å²) in [5, 5.41) is 3.87. The zero-order valence-corrected chi connectivity index (χ0v) is 11.6. The summed E-state index contributed by atoms with van der Waals surface area (Å²) in [5.74, 6) is 1.24. The molecule has 0 bridgehead atoms. The number of nitrogens with two attached hydrogens (primary N) is 1. The smallest absolute Gasteiger partial charge is 0.0341 e. The third kappa shape index (κ3) is 2.73. The number of benzene rings is 1. The topological polar surface area (TPSA) is 38.0 Å². The predicted octanol–water partition coefficient (Wildman–Crippen LogP) is 3.08. The van der Waals surface area contributed by atoms with Crippen LogP contribution in [-0.2, 0) is 0 Å². The molecule has 0 saturated heterocycles. The molecule has 0 spiro atoms. The molecule has 1 heterocycles. The van der Waals surface area contributed by atoms with Crippen molar-refractivity contribution in [2.75, 3.05) is 5.75 Å². The second kappa shape index (κ2) is 5.64. The third-order valence-electron chi connectivity index (χ3n) is 4.17. The molecule has 1 aromatic carbocycles. The Morgan fingerprint density at radius 1 is 1.06 bits per heavy atom. The van der Waals surface area contributed by atoms with Crippen LogP contribution in [-0.4, -0.2) is 17.8 Å². The Bertz CT molecular complexity index is 399. The van der Waals surface area contributed by atoms with Crippen molar-refractivity contribution in [3.05, 3.63) is 29.8 Å². The van der Waals surface area contributed by atoms with Crippen LogP contribution >= 0.6 is 11.8 Å². The van der Waals surface area contributed by atoms with Crippen LogP contribution < -0.4 is 11.1 Å². The third-order valence-corrected chi connectivity index (χ3v) is 5.29. The first-order chi connectivity index (χ1) is 8.83. The summed E-state index contributed by atoms with van der Waals surface area (Å²) in [7, 11) is 0. The Labute approximate surface area is 114 Å². The van der Waals surface area contributed by atoms with E-state index in [1.54, 1.807) is 0 Å². The molecule has 18 heavy (non-hydrogen) atoms. The normalized spacial score (nSPS) is 31.9. The molecule has 3 heteroatoms. The van der Waals surface area contributed by atoms with E-state index < -0.39 is 0 Å². The van der Waals surface area contributed by atoms with Crippen LogP contribution in [0.15, 0.2) is 29.2 Å². The molecule has 1 fully saturated rings. The molecule has 0 aromatic heterocycles. The fourth-order valence-corrected chi connectivity index (χ4v) is 4.21. The van der Waals surface area contributed by atoms with Gasteiger partial charge in [0.1, 0.15) is 0 Å². The molecule has 1 aliphatic heterocycles. The molecule has 98 valence electrons. The summed E-state index contributed by atoms with van der Waals surface area (Å²) in [5.41, 5.74) is 7.48. The van der Waals surface area contributed by atoms with Crippen molar-refractivity contribution in [2.24, 2.45) is 5.73 Å². The van der Waals surface area contributed by atoms with Gasteiger partial charge in [-0.2, -0.15) is 0 Å². The van der Waals surface area contributed by atoms with Gasteiger partial charge in [0.25, 0.3) is 0 Å². The molecule has 1 saturated carbocycles. The number of thioether (sulfide) groups is 1. The Morgan fingerprint density at radius 3 is 2.67 bits per heavy atom. The lowest BCUT2D eigenvalue weighted by Gasteiger charge is -2.33. The lowest BCUT2D eigenvalue weighted by atomic mass is 9.90. The Balaban J connectivity index is 1.67. The fraction of sp³-hybridized carbons (Fsp3) is 0.600. The molecule has 2 nitrogen and oxygen atoms in total. The first kappa shape index (κ1) is 12.5. The van der Waals surface area contributed by atoms with Crippen molar-refractivity contribution in [3.8, 4) is 0 Å². The minimum Gasteiger partial charge on any atom is -0.328 e. The van der Waals surface area contributed by atoms with Gasteiger partial charge in [0.2, 0.25) is 0 Å². The maximum absolute atomic E-state index is 5.98. The molecule has 1 aliphatic carbocycles. The van der Waals surface area contributed by atoms with Crippen LogP contribution in [0.4, 0.5) is 0 Å². The Hall–Kier alpha value is -0.510. The van der Waals surface area contributed by atoms with E-state index in [-0.39, 0.29) is 0 Å². The van der Waals surface area contributed by atoms with Gasteiger partial charge in [0, 0.05) is 23.0 Å². The summed E-state index contributed by atoms with van der Waals surface area (Å²) < 4.78 is 0. The van der Waals surface area contributed by atoms with E-state index in [0.29, 0.717) is 18.1 Å². The van der Waals surface area contributed by atoms with Crippen LogP contribution in [0.5, 0.6) is 0 Å². The van der Waals surface area contributed by atoms with Gasteiger partial charge < -0.3 is 11.1 Å². The van der Waals surface area contributed by atoms with Crippen LogP contribution in [0.1, 0.15) is 43.7 Å². The maximum Gasteiger partial charge on any atom is 0.0341 e. The minimum absolute atomic E-state index is 0.442. The van der Waals surface area contributed by atoms with Crippen molar-refractivity contribution in [1.29, 1.82) is 0 Å². The average Bonchev–Trinajstić information content (AvgIpc) is 2.42. The highest BCUT2D eigenvalue weighted by Gasteiger charge is 2.25. The highest BCUT2D eigenvalue weighted by Crippen LogP contribution is 2.36. The zero-order valence-electron chi connectivity index (χ0n) is 10.8. The first-order valence-electron chi connectivity index (χ1n) is 7.06. The maximum atomic E-state index is 5.98. The van der Waals surface area contributed by atoms with Gasteiger partial charge in [-0.3, -0.25) is 0 Å². The van der Waals surface area contributed by atoms with Crippen molar-refractivity contribution < 1.29 is 0 Å². The van der Waals surface area contributed by atoms with E-state index in [1.807, 2.05) is 11.8 Å². The number of fused-ring (bicyclic) bond motifs is 1. The van der Waals surface area contributed by atoms with Crippen LogP contribution in [0.2, 0.25) is 0 Å². The van der Waals surface area contributed by atoms with E-state index in [9.17, 15) is 0 Å². The molecule has 1 aromatic rings. The Morgan fingerprint density at radius 2 is 1.83 bits per heavy atom. The van der Waals surface area contributed by atoms with E-state index in [4.69, 9.17) is 5.73 Å².